The second kappa shape index (κ2) is 3.84. The van der Waals surface area contributed by atoms with Crippen molar-refractivity contribution in [1.29, 1.82) is 0 Å². The molecule has 0 atom stereocenters. The fourth-order valence-corrected chi connectivity index (χ4v) is 3.03. The Bertz CT molecular complexity index is 610. The van der Waals surface area contributed by atoms with Crippen molar-refractivity contribution in [3.63, 3.8) is 0 Å². The van der Waals surface area contributed by atoms with Gasteiger partial charge in [0, 0.05) is 0 Å². The van der Waals surface area contributed by atoms with Gasteiger partial charge in [0.05, 0.1) is 0 Å². The Morgan fingerprint density at radius 3 is 2.69 bits per heavy atom. The molecule has 2 aromatic carbocycles. The first-order valence-electron chi connectivity index (χ1n) is 5.11. The molecule has 2 aromatic rings. The maximum atomic E-state index is 10.5. The van der Waals surface area contributed by atoms with Crippen molar-refractivity contribution in [3.05, 3.63) is 53.6 Å². The van der Waals surface area contributed by atoms with Gasteiger partial charge in [-0.2, -0.15) is 0 Å². The van der Waals surface area contributed by atoms with Gasteiger partial charge in [-0.1, -0.05) is 0 Å². The molecule has 0 amide bonds. The van der Waals surface area contributed by atoms with E-state index in [-0.39, 0.29) is 14.5 Å². The van der Waals surface area contributed by atoms with Crippen LogP contribution in [0.5, 0.6) is 0 Å². The summed E-state index contributed by atoms with van der Waals surface area (Å²) in [7, 11) is 0. The molecule has 1 nitrogen and oxygen atoms in total. The van der Waals surface area contributed by atoms with E-state index < -0.39 is 0 Å². The molecule has 0 aliphatic heterocycles. The molecule has 78 valence electrons. The Morgan fingerprint density at radius 1 is 1.00 bits per heavy atom. The summed E-state index contributed by atoms with van der Waals surface area (Å²) in [6, 6.07) is 14.7. The van der Waals surface area contributed by atoms with E-state index in [2.05, 4.69) is 30.3 Å². The van der Waals surface area contributed by atoms with E-state index >= 15 is 0 Å². The van der Waals surface area contributed by atoms with Gasteiger partial charge < -0.3 is 0 Å². The average Bonchev–Trinajstić information content (AvgIpc) is 2.69. The summed E-state index contributed by atoms with van der Waals surface area (Å²) in [5.41, 5.74) is 5.28. The summed E-state index contributed by atoms with van der Waals surface area (Å²) in [5.74, 6) is 0. The molecule has 0 aromatic heterocycles. The van der Waals surface area contributed by atoms with Crippen LogP contribution in [0.15, 0.2) is 42.5 Å². The molecule has 3 rings (SSSR count). The molecule has 1 aliphatic rings. The van der Waals surface area contributed by atoms with Crippen molar-refractivity contribution in [1.82, 2.24) is 0 Å². The fraction of sp³-hybridized carbons (Fsp3) is 0.0714. The predicted octanol–water partition coefficient (Wildman–Crippen LogP) is 2.03. The molecule has 0 N–H and O–H groups in total. The third-order valence-electron chi connectivity index (χ3n) is 2.93. The normalized spacial score (nSPS) is 11.8. The van der Waals surface area contributed by atoms with Crippen LogP contribution in [-0.2, 0) is 25.7 Å². The van der Waals surface area contributed by atoms with Crippen molar-refractivity contribution in [3.8, 4) is 11.1 Å². The third kappa shape index (κ3) is 1.40. The van der Waals surface area contributed by atoms with Crippen LogP contribution in [0.2, 0.25) is 0 Å². The summed E-state index contributed by atoms with van der Waals surface area (Å²) >= 11 is 0.120. The average molecular weight is 248 g/mol. The SMILES string of the molecule is O=[C]=[Mn][c]1cccc2c1Cc1ccccc1-2. The van der Waals surface area contributed by atoms with Gasteiger partial charge in [0.15, 0.2) is 0 Å². The molecule has 1 aliphatic carbocycles. The van der Waals surface area contributed by atoms with Crippen molar-refractivity contribution < 1.29 is 19.3 Å². The Hall–Kier alpha value is -1.46. The maximum absolute atomic E-state index is 10.5. The summed E-state index contributed by atoms with van der Waals surface area (Å²) in [6.07, 6.45) is 0.956. The van der Waals surface area contributed by atoms with Crippen molar-refractivity contribution in [2.24, 2.45) is 0 Å². The van der Waals surface area contributed by atoms with Crippen LogP contribution in [-0.4, -0.2) is 4.79 Å². The topological polar surface area (TPSA) is 17.1 Å². The van der Waals surface area contributed by atoms with Crippen molar-refractivity contribution in [2.75, 3.05) is 0 Å². The van der Waals surface area contributed by atoms with E-state index in [1.807, 2.05) is 16.9 Å². The molecule has 2 heteroatoms. The molecule has 16 heavy (non-hydrogen) atoms. The van der Waals surface area contributed by atoms with Gasteiger partial charge >= 0.3 is 99.7 Å². The monoisotopic (exact) mass is 248 g/mol. The quantitative estimate of drug-likeness (QED) is 0.602. The van der Waals surface area contributed by atoms with E-state index in [1.165, 1.54) is 22.3 Å². The number of fused-ring (bicyclic) bond motifs is 3. The molecule has 0 saturated heterocycles. The van der Waals surface area contributed by atoms with Crippen LogP contribution < -0.4 is 4.46 Å². The zero-order valence-corrected chi connectivity index (χ0v) is 9.72. The van der Waals surface area contributed by atoms with E-state index in [1.54, 1.807) is 0 Å². The molecule has 0 saturated carbocycles. The van der Waals surface area contributed by atoms with Crippen LogP contribution >= 0.6 is 0 Å². The Labute approximate surface area is 99.8 Å². The van der Waals surface area contributed by atoms with Crippen molar-refractivity contribution in [2.45, 2.75) is 6.42 Å². The minimum absolute atomic E-state index is 0.120. The van der Waals surface area contributed by atoms with Crippen LogP contribution in [0, 0.1) is 0 Å². The summed E-state index contributed by atoms with van der Waals surface area (Å²) in [6.45, 7) is 0. The van der Waals surface area contributed by atoms with Gasteiger partial charge in [-0.25, -0.2) is 0 Å². The van der Waals surface area contributed by atoms with Gasteiger partial charge in [-0.3, -0.25) is 0 Å². The summed E-state index contributed by atoms with van der Waals surface area (Å²) in [5, 5.41) is 0. The van der Waals surface area contributed by atoms with E-state index in [0.29, 0.717) is 0 Å². The first-order valence-corrected chi connectivity index (χ1v) is 6.29. The second-order valence-corrected chi connectivity index (χ2v) is 4.94. The van der Waals surface area contributed by atoms with Gasteiger partial charge in [0.1, 0.15) is 0 Å². The van der Waals surface area contributed by atoms with E-state index in [4.69, 9.17) is 0 Å². The Kier molecular flexibility index (Phi) is 2.34. The van der Waals surface area contributed by atoms with Crippen LogP contribution in [0.25, 0.3) is 11.1 Å². The molecular formula is C14H9MnO. The Balaban J connectivity index is 2.27. The van der Waals surface area contributed by atoms with Gasteiger partial charge in [-0.05, 0) is 0 Å². The van der Waals surface area contributed by atoms with Gasteiger partial charge in [0.25, 0.3) is 0 Å². The molecular weight excluding hydrogens is 239 g/mol. The van der Waals surface area contributed by atoms with Crippen LogP contribution in [0.4, 0.5) is 0 Å². The van der Waals surface area contributed by atoms with Crippen molar-refractivity contribution >= 4 is 9.25 Å². The summed E-state index contributed by atoms with van der Waals surface area (Å²) in [4.78, 5) is 12.6. The first-order chi connectivity index (χ1) is 7.90. The third-order valence-corrected chi connectivity index (χ3v) is 3.93. The minimum atomic E-state index is 0.120. The van der Waals surface area contributed by atoms with Gasteiger partial charge in [0.2, 0.25) is 0 Å². The van der Waals surface area contributed by atoms with Crippen LogP contribution in [0.3, 0.4) is 0 Å². The number of rotatable bonds is 1. The zero-order valence-electron chi connectivity index (χ0n) is 8.53. The van der Waals surface area contributed by atoms with Gasteiger partial charge in [-0.15, -0.1) is 0 Å². The fourth-order valence-electron chi connectivity index (χ4n) is 2.25. The first kappa shape index (κ1) is 9.74. The Morgan fingerprint density at radius 2 is 1.81 bits per heavy atom. The molecule has 0 unspecified atom stereocenters. The predicted molar refractivity (Wildman–Crippen MR) is 60.0 cm³/mol. The molecule has 0 radical (unpaired) electrons. The summed E-state index contributed by atoms with van der Waals surface area (Å²) < 4.78 is 1.15. The second-order valence-electron chi connectivity index (χ2n) is 3.77. The number of hydrogen-bond donors (Lipinski definition) is 0. The van der Waals surface area contributed by atoms with Crippen LogP contribution in [0.1, 0.15) is 11.1 Å². The number of benzene rings is 2. The van der Waals surface area contributed by atoms with E-state index in [9.17, 15) is 4.79 Å². The molecule has 0 heterocycles. The zero-order chi connectivity index (χ0) is 11.0. The molecule has 0 bridgehead atoms. The number of carbonyl (C=O) groups excluding carboxylic acids is 1. The standard InChI is InChI=1S/C13H9.CO.Mn/c1-3-7-12-10(5-1)9-11-6-2-4-8-13(11)12;1-2;/h1-5,7-8H,9H2;;. The molecule has 0 fully saturated rings. The molecule has 0 spiro atoms. The number of hydrogen-bond acceptors (Lipinski definition) is 1. The van der Waals surface area contributed by atoms with E-state index in [0.717, 1.165) is 10.9 Å².